The predicted octanol–water partition coefficient (Wildman–Crippen LogP) is 11.2. The van der Waals surface area contributed by atoms with Crippen LogP contribution in [0.4, 0.5) is 0 Å². The molecule has 0 atom stereocenters. The van der Waals surface area contributed by atoms with Gasteiger partial charge in [-0.05, 0) is 47.0 Å². The Labute approximate surface area is 294 Å². The van der Waals surface area contributed by atoms with Crippen LogP contribution >= 0.6 is 11.3 Å². The van der Waals surface area contributed by atoms with E-state index in [1.807, 2.05) is 47.7 Å². The second-order valence-electron chi connectivity index (χ2n) is 12.4. The van der Waals surface area contributed by atoms with Crippen molar-refractivity contribution in [3.05, 3.63) is 187 Å². The number of fused-ring (bicyclic) bond motifs is 7. The van der Waals surface area contributed by atoms with Crippen LogP contribution in [0.15, 0.2) is 180 Å². The summed E-state index contributed by atoms with van der Waals surface area (Å²) >= 11 is 1.85. The maximum Gasteiger partial charge on any atom is 0.157 e. The molecule has 238 valence electrons. The SMILES string of the molecule is NC(=NC(=NCc1ccccc1-n1c2ccccc2c2ccc3sc4ccccc4c3c21)c1cccc(-c2ccccc2)c1)c1ccccc1. The number of para-hydroxylation sites is 2. The van der Waals surface area contributed by atoms with Crippen LogP contribution in [-0.4, -0.2) is 16.2 Å². The minimum atomic E-state index is 0.418. The normalized spacial score (nSPS) is 12.4. The van der Waals surface area contributed by atoms with Crippen LogP contribution in [0.5, 0.6) is 0 Å². The van der Waals surface area contributed by atoms with Crippen molar-refractivity contribution in [3.8, 4) is 16.8 Å². The second kappa shape index (κ2) is 12.6. The highest BCUT2D eigenvalue weighted by Gasteiger charge is 2.19. The van der Waals surface area contributed by atoms with E-state index in [0.717, 1.165) is 33.5 Å². The van der Waals surface area contributed by atoms with E-state index < -0.39 is 0 Å². The van der Waals surface area contributed by atoms with Crippen molar-refractivity contribution in [2.45, 2.75) is 6.54 Å². The second-order valence-corrected chi connectivity index (χ2v) is 13.4. The van der Waals surface area contributed by atoms with Crippen LogP contribution in [0.1, 0.15) is 16.7 Å². The van der Waals surface area contributed by atoms with E-state index >= 15 is 0 Å². The van der Waals surface area contributed by atoms with E-state index in [-0.39, 0.29) is 0 Å². The predicted molar refractivity (Wildman–Crippen MR) is 213 cm³/mol. The van der Waals surface area contributed by atoms with Gasteiger partial charge in [-0.1, -0.05) is 140 Å². The number of thiophene rings is 1. The third-order valence-electron chi connectivity index (χ3n) is 9.33. The van der Waals surface area contributed by atoms with Crippen LogP contribution in [0, 0.1) is 0 Å². The Morgan fingerprint density at radius 3 is 2.10 bits per heavy atom. The molecular formula is C45H32N4S. The van der Waals surface area contributed by atoms with Crippen molar-refractivity contribution in [1.82, 2.24) is 4.57 Å². The summed E-state index contributed by atoms with van der Waals surface area (Å²) in [6.45, 7) is 0.418. The molecule has 0 amide bonds. The summed E-state index contributed by atoms with van der Waals surface area (Å²) in [4.78, 5) is 10.2. The van der Waals surface area contributed by atoms with E-state index in [4.69, 9.17) is 15.7 Å². The lowest BCUT2D eigenvalue weighted by atomic mass is 10.0. The third-order valence-corrected chi connectivity index (χ3v) is 10.5. The quantitative estimate of drug-likeness (QED) is 0.140. The van der Waals surface area contributed by atoms with Crippen molar-refractivity contribution < 1.29 is 0 Å². The molecule has 2 heterocycles. The van der Waals surface area contributed by atoms with Gasteiger partial charge in [0, 0.05) is 42.1 Å². The lowest BCUT2D eigenvalue weighted by molar-refractivity contribution is 1.02. The van der Waals surface area contributed by atoms with Gasteiger partial charge < -0.3 is 10.3 Å². The zero-order valence-electron chi connectivity index (χ0n) is 27.2. The molecule has 2 aromatic heterocycles. The van der Waals surface area contributed by atoms with E-state index in [1.54, 1.807) is 0 Å². The molecule has 50 heavy (non-hydrogen) atoms. The number of nitrogens with two attached hydrogens (primary N) is 1. The number of aliphatic imine (C=N–C) groups is 2. The fraction of sp³-hybridized carbons (Fsp3) is 0.0222. The average Bonchev–Trinajstić information content (AvgIpc) is 3.73. The molecule has 0 aliphatic carbocycles. The number of rotatable bonds is 6. The summed E-state index contributed by atoms with van der Waals surface area (Å²) in [5.74, 6) is 1.02. The van der Waals surface area contributed by atoms with Gasteiger partial charge in [0.1, 0.15) is 5.84 Å². The Morgan fingerprint density at radius 1 is 0.560 bits per heavy atom. The van der Waals surface area contributed by atoms with Crippen molar-refractivity contribution in [2.24, 2.45) is 15.7 Å². The number of benzene rings is 7. The molecular weight excluding hydrogens is 629 g/mol. The molecule has 0 aliphatic heterocycles. The highest BCUT2D eigenvalue weighted by atomic mass is 32.1. The summed E-state index contributed by atoms with van der Waals surface area (Å²) in [7, 11) is 0. The first kappa shape index (κ1) is 29.8. The molecule has 0 unspecified atom stereocenters. The van der Waals surface area contributed by atoms with Gasteiger partial charge in [0.15, 0.2) is 5.84 Å². The molecule has 0 aliphatic rings. The molecule has 0 fully saturated rings. The van der Waals surface area contributed by atoms with Gasteiger partial charge in [-0.25, -0.2) is 4.99 Å². The van der Waals surface area contributed by atoms with E-state index in [9.17, 15) is 0 Å². The molecule has 0 radical (unpaired) electrons. The molecule has 5 heteroatoms. The first-order chi connectivity index (χ1) is 24.7. The van der Waals surface area contributed by atoms with E-state index in [2.05, 4.69) is 138 Å². The standard InChI is InChI=1S/C45H32N4S/c46-44(31-16-5-2-6-17-31)48-45(33-20-13-19-32(28-33)30-14-3-1-4-15-30)47-29-34-18-7-10-23-38(34)49-39-24-11-8-21-35(39)36-26-27-41-42(43(36)49)37-22-9-12-25-40(37)50-41/h1-28H,29H2,(H2,46,47,48). The first-order valence-electron chi connectivity index (χ1n) is 16.7. The smallest absolute Gasteiger partial charge is 0.157 e. The van der Waals surface area contributed by atoms with Crippen molar-refractivity contribution in [2.75, 3.05) is 0 Å². The minimum Gasteiger partial charge on any atom is -0.383 e. The Balaban J connectivity index is 1.23. The lowest BCUT2D eigenvalue weighted by Crippen LogP contribution is -2.16. The van der Waals surface area contributed by atoms with Crippen LogP contribution in [-0.2, 0) is 6.54 Å². The average molecular weight is 661 g/mol. The van der Waals surface area contributed by atoms with Gasteiger partial charge in [0.25, 0.3) is 0 Å². The van der Waals surface area contributed by atoms with Crippen LogP contribution in [0.3, 0.4) is 0 Å². The molecule has 4 nitrogen and oxygen atoms in total. The molecule has 0 spiro atoms. The molecule has 0 saturated heterocycles. The lowest BCUT2D eigenvalue weighted by Gasteiger charge is -2.14. The number of hydrogen-bond donors (Lipinski definition) is 1. The molecule has 7 aromatic carbocycles. The van der Waals surface area contributed by atoms with Gasteiger partial charge in [-0.2, -0.15) is 0 Å². The fourth-order valence-corrected chi connectivity index (χ4v) is 8.09. The Bertz CT molecular complexity index is 2740. The summed E-state index contributed by atoms with van der Waals surface area (Å²) in [5, 5.41) is 5.05. The monoisotopic (exact) mass is 660 g/mol. The molecule has 0 saturated carbocycles. The maximum absolute atomic E-state index is 6.64. The fourth-order valence-electron chi connectivity index (χ4n) is 6.99. The minimum absolute atomic E-state index is 0.418. The summed E-state index contributed by atoms with van der Waals surface area (Å²) in [5.41, 5.74) is 15.2. The Morgan fingerprint density at radius 2 is 1.24 bits per heavy atom. The summed E-state index contributed by atoms with van der Waals surface area (Å²) in [6, 6.07) is 59.2. The number of nitrogens with zero attached hydrogens (tertiary/aromatic N) is 3. The zero-order chi connectivity index (χ0) is 33.4. The van der Waals surface area contributed by atoms with Gasteiger partial charge in [-0.15, -0.1) is 11.3 Å². The van der Waals surface area contributed by atoms with Crippen molar-refractivity contribution >= 4 is 65.0 Å². The van der Waals surface area contributed by atoms with Gasteiger partial charge >= 0.3 is 0 Å². The van der Waals surface area contributed by atoms with Crippen LogP contribution in [0.25, 0.3) is 58.8 Å². The van der Waals surface area contributed by atoms with E-state index in [0.29, 0.717) is 18.2 Å². The van der Waals surface area contributed by atoms with Gasteiger partial charge in [-0.3, -0.25) is 4.99 Å². The molecule has 9 aromatic rings. The molecule has 0 bridgehead atoms. The van der Waals surface area contributed by atoms with Crippen LogP contribution < -0.4 is 5.73 Å². The molecule has 9 rings (SSSR count). The highest BCUT2D eigenvalue weighted by molar-refractivity contribution is 7.26. The van der Waals surface area contributed by atoms with Crippen molar-refractivity contribution in [1.29, 1.82) is 0 Å². The zero-order valence-corrected chi connectivity index (χ0v) is 28.0. The van der Waals surface area contributed by atoms with Crippen molar-refractivity contribution in [3.63, 3.8) is 0 Å². The molecule has 2 N–H and O–H groups in total. The first-order valence-corrected chi connectivity index (χ1v) is 17.6. The van der Waals surface area contributed by atoms with Gasteiger partial charge in [0.2, 0.25) is 0 Å². The van der Waals surface area contributed by atoms with E-state index in [1.165, 1.54) is 42.0 Å². The van der Waals surface area contributed by atoms with Gasteiger partial charge in [0.05, 0.1) is 23.3 Å². The highest BCUT2D eigenvalue weighted by Crippen LogP contribution is 2.43. The number of hydrogen-bond acceptors (Lipinski definition) is 2. The number of aromatic nitrogens is 1. The Hall–Kier alpha value is -6.30. The third kappa shape index (κ3) is 5.25. The summed E-state index contributed by atoms with van der Waals surface area (Å²) in [6.07, 6.45) is 0. The Kier molecular flexibility index (Phi) is 7.52. The topological polar surface area (TPSA) is 55.7 Å². The van der Waals surface area contributed by atoms with Crippen LogP contribution in [0.2, 0.25) is 0 Å². The maximum atomic E-state index is 6.64. The largest absolute Gasteiger partial charge is 0.383 e. The number of amidine groups is 2. The summed E-state index contributed by atoms with van der Waals surface area (Å²) < 4.78 is 5.01.